The number of halogens is 3. The van der Waals surface area contributed by atoms with Crippen LogP contribution in [0.1, 0.15) is 39.7 Å². The number of anilines is 1. The minimum atomic E-state index is -0.529. The van der Waals surface area contributed by atoms with E-state index in [0.717, 1.165) is 24.6 Å². The first-order valence-electron chi connectivity index (χ1n) is 6.98. The molecule has 0 aliphatic carbocycles. The lowest BCUT2D eigenvalue weighted by atomic mass is 9.86. The molecule has 0 fully saturated rings. The van der Waals surface area contributed by atoms with E-state index in [9.17, 15) is 8.78 Å². The van der Waals surface area contributed by atoms with Crippen LogP contribution >= 0.6 is 15.9 Å². The Morgan fingerprint density at radius 1 is 1.24 bits per heavy atom. The average Bonchev–Trinajstić information content (AvgIpc) is 2.40. The molecule has 2 nitrogen and oxygen atoms in total. The van der Waals surface area contributed by atoms with Gasteiger partial charge in [-0.1, -0.05) is 27.7 Å². The Bertz CT molecular complexity index is 678. The van der Waals surface area contributed by atoms with Gasteiger partial charge >= 0.3 is 0 Å². The van der Waals surface area contributed by atoms with E-state index < -0.39 is 11.6 Å². The SMILES string of the molecule is CCCNc1nc2c(F)cc(Br)c(F)c2cc1C(C)(C)C. The van der Waals surface area contributed by atoms with Crippen molar-refractivity contribution in [2.75, 3.05) is 11.9 Å². The molecule has 0 bridgehead atoms. The second-order valence-corrected chi connectivity index (χ2v) is 6.97. The second kappa shape index (κ2) is 5.87. The fourth-order valence-corrected chi connectivity index (χ4v) is 2.60. The largest absolute Gasteiger partial charge is 0.370 e. The number of hydrogen-bond donors (Lipinski definition) is 1. The molecule has 0 atom stereocenters. The molecule has 1 aromatic heterocycles. The van der Waals surface area contributed by atoms with E-state index in [-0.39, 0.29) is 20.8 Å². The van der Waals surface area contributed by atoms with E-state index in [0.29, 0.717) is 5.82 Å². The molecule has 0 spiro atoms. The van der Waals surface area contributed by atoms with E-state index in [4.69, 9.17) is 0 Å². The fourth-order valence-electron chi connectivity index (χ4n) is 2.18. The van der Waals surface area contributed by atoms with Gasteiger partial charge in [0.1, 0.15) is 17.2 Å². The van der Waals surface area contributed by atoms with Crippen LogP contribution in [0.4, 0.5) is 14.6 Å². The first-order chi connectivity index (χ1) is 9.75. The van der Waals surface area contributed by atoms with Crippen LogP contribution < -0.4 is 5.32 Å². The number of nitrogens with zero attached hydrogens (tertiary/aromatic N) is 1. The Labute approximate surface area is 132 Å². The van der Waals surface area contributed by atoms with Crippen molar-refractivity contribution < 1.29 is 8.78 Å². The molecule has 0 amide bonds. The van der Waals surface area contributed by atoms with Gasteiger partial charge in [-0.2, -0.15) is 0 Å². The van der Waals surface area contributed by atoms with E-state index in [1.807, 2.05) is 27.7 Å². The van der Waals surface area contributed by atoms with Gasteiger partial charge in [-0.25, -0.2) is 13.8 Å². The van der Waals surface area contributed by atoms with Crippen molar-refractivity contribution in [3.63, 3.8) is 0 Å². The zero-order valence-electron chi connectivity index (χ0n) is 12.7. The predicted molar refractivity (Wildman–Crippen MR) is 86.8 cm³/mol. The third-order valence-electron chi connectivity index (χ3n) is 3.30. The Morgan fingerprint density at radius 3 is 2.48 bits per heavy atom. The highest BCUT2D eigenvalue weighted by atomic mass is 79.9. The molecular formula is C16H19BrF2N2. The molecule has 0 aliphatic rings. The van der Waals surface area contributed by atoms with Crippen molar-refractivity contribution in [1.29, 1.82) is 0 Å². The normalized spacial score (nSPS) is 12.0. The maximum atomic E-state index is 14.3. The molecule has 0 saturated heterocycles. The highest BCUT2D eigenvalue weighted by molar-refractivity contribution is 9.10. The molecule has 114 valence electrons. The summed E-state index contributed by atoms with van der Waals surface area (Å²) in [6, 6.07) is 2.81. The Hall–Kier alpha value is -1.23. The molecule has 1 aromatic carbocycles. The van der Waals surface area contributed by atoms with Crippen LogP contribution in [0.5, 0.6) is 0 Å². The molecule has 0 radical (unpaired) electrons. The lowest BCUT2D eigenvalue weighted by Crippen LogP contribution is -2.17. The zero-order chi connectivity index (χ0) is 15.8. The number of fused-ring (bicyclic) bond motifs is 1. The molecule has 5 heteroatoms. The smallest absolute Gasteiger partial charge is 0.150 e. The van der Waals surface area contributed by atoms with Crippen molar-refractivity contribution in [3.8, 4) is 0 Å². The minimum absolute atomic E-state index is 0.0577. The molecule has 1 heterocycles. The van der Waals surface area contributed by atoms with E-state index in [1.165, 1.54) is 0 Å². The van der Waals surface area contributed by atoms with E-state index in [1.54, 1.807) is 6.07 Å². The molecule has 2 aromatic rings. The summed E-state index contributed by atoms with van der Waals surface area (Å²) in [6.07, 6.45) is 0.931. The first-order valence-corrected chi connectivity index (χ1v) is 7.77. The lowest BCUT2D eigenvalue weighted by molar-refractivity contribution is 0.586. The van der Waals surface area contributed by atoms with Crippen LogP contribution in [-0.4, -0.2) is 11.5 Å². The highest BCUT2D eigenvalue weighted by Crippen LogP contribution is 2.34. The third kappa shape index (κ3) is 3.18. The summed E-state index contributed by atoms with van der Waals surface area (Å²) in [5.41, 5.74) is 0.713. The number of benzene rings is 1. The quantitative estimate of drug-likeness (QED) is 0.745. The van der Waals surface area contributed by atoms with Crippen LogP contribution in [0, 0.1) is 11.6 Å². The second-order valence-electron chi connectivity index (χ2n) is 6.11. The fraction of sp³-hybridized carbons (Fsp3) is 0.438. The van der Waals surface area contributed by atoms with Gasteiger partial charge in [0, 0.05) is 17.5 Å². The summed E-state index contributed by atoms with van der Waals surface area (Å²) in [7, 11) is 0. The van der Waals surface area contributed by atoms with Crippen molar-refractivity contribution >= 4 is 32.7 Å². The van der Waals surface area contributed by atoms with Crippen molar-refractivity contribution in [2.45, 2.75) is 39.5 Å². The van der Waals surface area contributed by atoms with Gasteiger partial charge < -0.3 is 5.32 Å². The summed E-state index contributed by atoms with van der Waals surface area (Å²) in [5.74, 6) is -0.387. The standard InChI is InChI=1S/C16H19BrF2N2/c1-5-6-20-15-10(16(2,3)4)7-9-13(19)11(17)8-12(18)14(9)21-15/h7-8H,5-6H2,1-4H3,(H,20,21). The number of aromatic nitrogens is 1. The van der Waals surface area contributed by atoms with Crippen molar-refractivity contribution in [3.05, 3.63) is 33.8 Å². The number of pyridine rings is 1. The Balaban J connectivity index is 2.77. The summed E-state index contributed by atoms with van der Waals surface area (Å²) in [6.45, 7) is 8.86. The Morgan fingerprint density at radius 2 is 1.90 bits per heavy atom. The van der Waals surface area contributed by atoms with Crippen LogP contribution in [0.3, 0.4) is 0 Å². The maximum absolute atomic E-state index is 14.3. The van der Waals surface area contributed by atoms with Gasteiger partial charge in [0.05, 0.1) is 4.47 Å². The van der Waals surface area contributed by atoms with Gasteiger partial charge in [0.25, 0.3) is 0 Å². The van der Waals surface area contributed by atoms with Gasteiger partial charge in [0.15, 0.2) is 5.82 Å². The van der Waals surface area contributed by atoms with Crippen LogP contribution in [0.15, 0.2) is 16.6 Å². The Kier molecular flexibility index (Phi) is 4.51. The van der Waals surface area contributed by atoms with Crippen LogP contribution in [0.25, 0.3) is 10.9 Å². The van der Waals surface area contributed by atoms with Gasteiger partial charge in [0.2, 0.25) is 0 Å². The third-order valence-corrected chi connectivity index (χ3v) is 3.88. The molecule has 0 aliphatic heterocycles. The lowest BCUT2D eigenvalue weighted by Gasteiger charge is -2.23. The summed E-state index contributed by atoms with van der Waals surface area (Å²) in [5, 5.41) is 3.41. The summed E-state index contributed by atoms with van der Waals surface area (Å²) >= 11 is 3.04. The van der Waals surface area contributed by atoms with Gasteiger partial charge in [-0.3, -0.25) is 0 Å². The predicted octanol–water partition coefficient (Wildman–Crippen LogP) is 5.39. The summed E-state index contributed by atoms with van der Waals surface area (Å²) in [4.78, 5) is 4.33. The molecule has 0 saturated carbocycles. The monoisotopic (exact) mass is 356 g/mol. The molecule has 0 unspecified atom stereocenters. The first kappa shape index (κ1) is 16.1. The zero-order valence-corrected chi connectivity index (χ0v) is 14.2. The summed E-state index contributed by atoms with van der Waals surface area (Å²) < 4.78 is 28.4. The van der Waals surface area contributed by atoms with Gasteiger partial charge in [-0.05, 0) is 39.9 Å². The van der Waals surface area contributed by atoms with Crippen molar-refractivity contribution in [1.82, 2.24) is 4.98 Å². The molecule has 21 heavy (non-hydrogen) atoms. The topological polar surface area (TPSA) is 24.9 Å². The average molecular weight is 357 g/mol. The molecule has 1 N–H and O–H groups in total. The minimum Gasteiger partial charge on any atom is -0.370 e. The van der Waals surface area contributed by atoms with E-state index >= 15 is 0 Å². The number of rotatable bonds is 3. The number of nitrogens with one attached hydrogen (secondary N) is 1. The maximum Gasteiger partial charge on any atom is 0.150 e. The van der Waals surface area contributed by atoms with Crippen LogP contribution in [0.2, 0.25) is 0 Å². The molecular weight excluding hydrogens is 338 g/mol. The van der Waals surface area contributed by atoms with Crippen LogP contribution in [-0.2, 0) is 5.41 Å². The number of hydrogen-bond acceptors (Lipinski definition) is 2. The van der Waals surface area contributed by atoms with Gasteiger partial charge in [-0.15, -0.1) is 0 Å². The molecule has 2 rings (SSSR count). The van der Waals surface area contributed by atoms with E-state index in [2.05, 4.69) is 26.2 Å². The highest BCUT2D eigenvalue weighted by Gasteiger charge is 2.22. The van der Waals surface area contributed by atoms with Crippen molar-refractivity contribution in [2.24, 2.45) is 0 Å².